The van der Waals surface area contributed by atoms with E-state index in [1.165, 1.54) is 18.2 Å². The van der Waals surface area contributed by atoms with Crippen molar-refractivity contribution in [1.82, 2.24) is 10.2 Å². The number of hydrogen-bond acceptors (Lipinski definition) is 5. The molecule has 2 amide bonds. The Hall–Kier alpha value is -3.64. The maximum atomic E-state index is 14.2. The number of carbonyl (C=O) groups excluding carboxylic acids is 2. The molecule has 44 heavy (non-hydrogen) atoms. The van der Waals surface area contributed by atoms with Gasteiger partial charge in [-0.2, -0.15) is 13.2 Å². The third kappa shape index (κ3) is 8.72. The summed E-state index contributed by atoms with van der Waals surface area (Å²) in [6, 6.07) is 7.55. The van der Waals surface area contributed by atoms with E-state index in [4.69, 9.17) is 5.73 Å². The molecule has 7 nitrogen and oxygen atoms in total. The summed E-state index contributed by atoms with van der Waals surface area (Å²) in [4.78, 5) is 32.9. The van der Waals surface area contributed by atoms with E-state index in [9.17, 15) is 36.6 Å². The number of benzene rings is 2. The van der Waals surface area contributed by atoms with Gasteiger partial charge in [-0.1, -0.05) is 32.0 Å². The van der Waals surface area contributed by atoms with E-state index >= 15 is 0 Å². The SMILES string of the molecule is CCCN(CCC)C(=O)C1=NC(C)=CC(C(N)=O)([C@H](Cc2cc(F)cc(F)c2)[C@@H](O)CNCc2cccc(C(F)(F)F)c2)C1. The number of primary amides is 1. The predicted octanol–water partition coefficient (Wildman–Crippen LogP) is 5.16. The van der Waals surface area contributed by atoms with Crippen molar-refractivity contribution in [2.24, 2.45) is 22.1 Å². The van der Waals surface area contributed by atoms with Gasteiger partial charge in [0, 0.05) is 50.3 Å². The van der Waals surface area contributed by atoms with Gasteiger partial charge < -0.3 is 21.1 Å². The van der Waals surface area contributed by atoms with Gasteiger partial charge in [-0.3, -0.25) is 14.6 Å². The molecule has 0 radical (unpaired) electrons. The maximum absolute atomic E-state index is 14.2. The monoisotopic (exact) mass is 622 g/mol. The number of aliphatic hydroxyl groups is 1. The fraction of sp³-hybridized carbons (Fsp3) is 0.469. The average molecular weight is 623 g/mol. The Labute approximate surface area is 254 Å². The normalized spacial score (nSPS) is 18.3. The molecule has 0 aromatic heterocycles. The van der Waals surface area contributed by atoms with Gasteiger partial charge in [0.05, 0.1) is 17.1 Å². The van der Waals surface area contributed by atoms with Crippen LogP contribution in [0.3, 0.4) is 0 Å². The number of hydrogen-bond donors (Lipinski definition) is 3. The minimum atomic E-state index is -4.53. The zero-order valence-electron chi connectivity index (χ0n) is 25.1. The molecule has 1 aliphatic rings. The van der Waals surface area contributed by atoms with E-state index in [0.717, 1.165) is 24.3 Å². The highest BCUT2D eigenvalue weighted by molar-refractivity contribution is 6.39. The van der Waals surface area contributed by atoms with Gasteiger partial charge in [-0.25, -0.2) is 8.78 Å². The maximum Gasteiger partial charge on any atom is 0.416 e. The Morgan fingerprint density at radius 3 is 2.27 bits per heavy atom. The summed E-state index contributed by atoms with van der Waals surface area (Å²) in [5.74, 6) is -4.06. The quantitative estimate of drug-likeness (QED) is 0.253. The highest BCUT2D eigenvalue weighted by Gasteiger charge is 2.49. The number of amides is 2. The van der Waals surface area contributed by atoms with Crippen molar-refractivity contribution < 1.29 is 36.6 Å². The second-order valence-corrected chi connectivity index (χ2v) is 11.2. The molecule has 3 atom stereocenters. The first kappa shape index (κ1) is 34.8. The topological polar surface area (TPSA) is 108 Å². The lowest BCUT2D eigenvalue weighted by Crippen LogP contribution is -2.53. The summed E-state index contributed by atoms with van der Waals surface area (Å²) < 4.78 is 67.9. The summed E-state index contributed by atoms with van der Waals surface area (Å²) in [6.45, 7) is 6.11. The summed E-state index contributed by atoms with van der Waals surface area (Å²) in [5.41, 5.74) is 4.33. The molecule has 2 aromatic carbocycles. The first-order valence-electron chi connectivity index (χ1n) is 14.6. The van der Waals surface area contributed by atoms with Crippen LogP contribution in [0.5, 0.6) is 0 Å². The van der Waals surface area contributed by atoms with Crippen molar-refractivity contribution in [1.29, 1.82) is 0 Å². The molecule has 0 spiro atoms. The summed E-state index contributed by atoms with van der Waals surface area (Å²) in [5, 5.41) is 14.4. The molecule has 240 valence electrons. The number of halogens is 5. The minimum absolute atomic E-state index is 0.0467. The Bertz CT molecular complexity index is 1370. The minimum Gasteiger partial charge on any atom is -0.391 e. The van der Waals surface area contributed by atoms with Crippen LogP contribution in [0.2, 0.25) is 0 Å². The van der Waals surface area contributed by atoms with Crippen LogP contribution in [0.15, 0.2) is 59.2 Å². The van der Waals surface area contributed by atoms with Gasteiger partial charge in [0.2, 0.25) is 5.91 Å². The lowest BCUT2D eigenvalue weighted by atomic mass is 9.65. The van der Waals surface area contributed by atoms with Gasteiger partial charge in [0.25, 0.3) is 5.91 Å². The van der Waals surface area contributed by atoms with Gasteiger partial charge in [-0.15, -0.1) is 0 Å². The van der Waals surface area contributed by atoms with Crippen LogP contribution in [0.4, 0.5) is 22.0 Å². The number of nitrogens with two attached hydrogens (primary N) is 1. The van der Waals surface area contributed by atoms with Gasteiger partial charge in [0.1, 0.15) is 17.3 Å². The van der Waals surface area contributed by atoms with Crippen molar-refractivity contribution in [3.63, 3.8) is 0 Å². The molecule has 3 rings (SSSR count). The smallest absolute Gasteiger partial charge is 0.391 e. The number of aliphatic imine (C=N–C) groups is 1. The van der Waals surface area contributed by atoms with E-state index in [2.05, 4.69) is 10.3 Å². The molecule has 1 aliphatic heterocycles. The van der Waals surface area contributed by atoms with Gasteiger partial charge >= 0.3 is 6.18 Å². The van der Waals surface area contributed by atoms with Crippen molar-refractivity contribution in [2.45, 2.75) is 65.3 Å². The van der Waals surface area contributed by atoms with E-state index in [0.29, 0.717) is 43.3 Å². The average Bonchev–Trinajstić information content (AvgIpc) is 2.94. The summed E-state index contributed by atoms with van der Waals surface area (Å²) in [7, 11) is 0. The summed E-state index contributed by atoms with van der Waals surface area (Å²) >= 11 is 0. The van der Waals surface area contributed by atoms with E-state index in [-0.39, 0.29) is 43.1 Å². The van der Waals surface area contributed by atoms with Crippen LogP contribution in [-0.4, -0.2) is 53.3 Å². The van der Waals surface area contributed by atoms with Crippen molar-refractivity contribution >= 4 is 17.5 Å². The van der Waals surface area contributed by atoms with Crippen LogP contribution >= 0.6 is 0 Å². The Balaban J connectivity index is 1.97. The fourth-order valence-electron chi connectivity index (χ4n) is 5.73. The first-order chi connectivity index (χ1) is 20.7. The molecular weight excluding hydrogens is 583 g/mol. The molecule has 12 heteroatoms. The van der Waals surface area contributed by atoms with Crippen LogP contribution in [0.25, 0.3) is 0 Å². The summed E-state index contributed by atoms with van der Waals surface area (Å²) in [6.07, 6.45) is -3.51. The van der Waals surface area contributed by atoms with Crippen molar-refractivity contribution in [3.05, 3.63) is 82.6 Å². The molecule has 0 fully saturated rings. The fourth-order valence-corrected chi connectivity index (χ4v) is 5.73. The zero-order chi connectivity index (χ0) is 32.7. The van der Waals surface area contributed by atoms with Crippen molar-refractivity contribution in [2.75, 3.05) is 19.6 Å². The highest BCUT2D eigenvalue weighted by atomic mass is 19.4. The number of nitrogens with one attached hydrogen (secondary N) is 1. The Morgan fingerprint density at radius 1 is 1.07 bits per heavy atom. The largest absolute Gasteiger partial charge is 0.416 e. The molecule has 0 saturated carbocycles. The second kappa shape index (κ2) is 14.9. The lowest BCUT2D eigenvalue weighted by molar-refractivity contribution is -0.137. The number of alkyl halides is 3. The Kier molecular flexibility index (Phi) is 11.8. The number of carbonyl (C=O) groups is 2. The zero-order valence-corrected chi connectivity index (χ0v) is 25.1. The highest BCUT2D eigenvalue weighted by Crippen LogP contribution is 2.42. The van der Waals surface area contributed by atoms with E-state index in [1.54, 1.807) is 11.8 Å². The van der Waals surface area contributed by atoms with Crippen LogP contribution < -0.4 is 11.1 Å². The molecule has 1 heterocycles. The van der Waals surface area contributed by atoms with Gasteiger partial charge in [-0.05, 0) is 61.6 Å². The lowest BCUT2D eigenvalue weighted by Gasteiger charge is -2.41. The van der Waals surface area contributed by atoms with Crippen molar-refractivity contribution in [3.8, 4) is 0 Å². The van der Waals surface area contributed by atoms with Crippen LogP contribution in [-0.2, 0) is 28.7 Å². The molecule has 2 aromatic rings. The van der Waals surface area contributed by atoms with Crippen LogP contribution in [0, 0.1) is 23.0 Å². The molecule has 0 aliphatic carbocycles. The molecule has 1 unspecified atom stereocenters. The van der Waals surface area contributed by atoms with E-state index in [1.807, 2.05) is 13.8 Å². The number of nitrogens with zero attached hydrogens (tertiary/aromatic N) is 2. The molecule has 0 saturated heterocycles. The first-order valence-corrected chi connectivity index (χ1v) is 14.6. The third-order valence-electron chi connectivity index (χ3n) is 7.66. The molecule has 0 bridgehead atoms. The number of aliphatic hydroxyl groups excluding tert-OH is 1. The number of allylic oxidation sites excluding steroid dienone is 1. The van der Waals surface area contributed by atoms with Gasteiger partial charge in [0.15, 0.2) is 0 Å². The second-order valence-electron chi connectivity index (χ2n) is 11.2. The third-order valence-corrected chi connectivity index (χ3v) is 7.66. The number of rotatable bonds is 14. The molecular formula is C32H39F5N4O3. The Morgan fingerprint density at radius 2 is 1.70 bits per heavy atom. The predicted molar refractivity (Wildman–Crippen MR) is 157 cm³/mol. The van der Waals surface area contributed by atoms with Crippen LogP contribution in [0.1, 0.15) is 56.7 Å². The van der Waals surface area contributed by atoms with E-state index < -0.39 is 46.7 Å². The standard InChI is InChI=1S/C32H39F5N4O3/c1-4-9-41(10-5-2)29(43)27-17-31(30(38)44,16-20(3)40-27)26(14-22-12-24(33)15-25(34)13-22)28(42)19-39-18-21-7-6-8-23(11-21)32(35,36)37/h6-8,11-13,15-16,26,28,39,42H,4-5,9-10,14,17-19H2,1-3H3,(H2,38,44)/t26-,28+,31?/m1/s1. The molecule has 4 N–H and O–H groups in total.